The Morgan fingerprint density at radius 1 is 0.573 bits per heavy atom. The first-order chi connectivity index (χ1) is 47.8. The van der Waals surface area contributed by atoms with E-state index < -0.39 is 35.7 Å². The maximum Gasteiger partial charge on any atom is 2.00 e. The van der Waals surface area contributed by atoms with Crippen LogP contribution in [0.1, 0.15) is 99.6 Å². The molecule has 12 atom stereocenters. The first kappa shape index (κ1) is 85.1. The normalized spacial score (nSPS) is 24.3. The average Bonchev–Trinajstić information content (AvgIpc) is 1.50. The van der Waals surface area contributed by atoms with Gasteiger partial charge >= 0.3 is 23.1 Å². The SMILES string of the molecule is C.C1CCOC1.CCc1nc(N[C@@H]2C[C@H](CO)[C@@H](O)[C@H]2O)c(-c2nc3ccccc3s2)c(=O)[nH]1.CCc1nc(N[C@@H]2C[C@H](CO)[C@H]3OC(C)(C)O[C@H]32)c(-c2nc3ccccc3s2)c(OC)n1.COc1nc(SC)nc(N[C@@H]2C[C@H](CO)[C@H]3OC(C)(C)O[C@H]32)c1-c1nc2ccccc2s1.Cl.[Br-].[CH2-]C.[Mg+2]. The Bertz CT molecular complexity index is 3990. The third-order valence-electron chi connectivity index (χ3n) is 18.0. The van der Waals surface area contributed by atoms with Gasteiger partial charge in [0.2, 0.25) is 11.8 Å². The van der Waals surface area contributed by atoms with Crippen molar-refractivity contribution in [2.75, 3.05) is 69.5 Å². The number of halogens is 2. The van der Waals surface area contributed by atoms with Crippen molar-refractivity contribution in [2.45, 2.75) is 172 Å². The number of anilines is 3. The molecule has 9 heterocycles. The van der Waals surface area contributed by atoms with Crippen LogP contribution in [-0.4, -0.2) is 213 Å². The summed E-state index contributed by atoms with van der Waals surface area (Å²) >= 11 is 6.00. The van der Waals surface area contributed by atoms with Crippen LogP contribution in [0.5, 0.6) is 11.8 Å². The Labute approximate surface area is 649 Å². The number of fused-ring (bicyclic) bond motifs is 5. The van der Waals surface area contributed by atoms with E-state index >= 15 is 0 Å². The molecule has 3 saturated carbocycles. The maximum atomic E-state index is 12.8. The van der Waals surface area contributed by atoms with E-state index in [2.05, 4.69) is 53.9 Å². The molecule has 6 aliphatic rings. The molecule has 3 aromatic carbocycles. The fourth-order valence-electron chi connectivity index (χ4n) is 13.3. The van der Waals surface area contributed by atoms with Crippen molar-refractivity contribution in [3.63, 3.8) is 0 Å². The smallest absolute Gasteiger partial charge is 1.00 e. The number of aromatic amines is 1. The molecule has 9 aromatic rings. The molecule has 3 aliphatic heterocycles. The average molecular weight is 1590 g/mol. The molecule has 0 radical (unpaired) electrons. The van der Waals surface area contributed by atoms with Crippen LogP contribution in [0, 0.1) is 24.7 Å². The van der Waals surface area contributed by atoms with Gasteiger partial charge in [-0.25, -0.2) is 29.9 Å². The summed E-state index contributed by atoms with van der Waals surface area (Å²) in [5, 5.41) is 62.7. The van der Waals surface area contributed by atoms with E-state index in [-0.39, 0.29) is 134 Å². The molecule has 0 unspecified atom stereocenters. The van der Waals surface area contributed by atoms with Gasteiger partial charge in [-0.1, -0.05) is 69.4 Å². The molecular formula is C71H94BrClMgN12O13S4. The van der Waals surface area contributed by atoms with Gasteiger partial charge in [0.25, 0.3) is 5.56 Å². The maximum absolute atomic E-state index is 12.8. The molecule has 6 aromatic heterocycles. The van der Waals surface area contributed by atoms with E-state index in [4.69, 9.17) is 53.1 Å². The number of aliphatic hydroxyl groups is 5. The standard InChI is InChI=1S/C23H28N4O4S.C22H26N4O4S2.C19H22N4O4S.C4H8O.C2H5.CH4.BrH.ClH.Mg/c1-5-16-26-20(24-14-10-12(11-28)18-19(14)31-23(2,3)30-18)17(21(27-16)29-4)22-25-13-8-6-7-9-15(13)32-22;1-22(2)29-16-11(10-27)9-13(17(16)30-22)23-18-15(19(28-3)26-21(25-18)31-4)20-24-12-7-5-6-8-14(12)32-20;1-2-13-22-17(20-11-7-9(8-24)15(25)16(11)26)14(18(27)23-13)19-21-10-5-3-4-6-12(10)28-19;1-2-4-5-3-1;1-2;;;;/h6-9,12,14,18-19,28H,5,10-11H2,1-4H3,(H,24,26,27);5-8,11,13,16-17,27H,9-10H2,1-4H3,(H,23,25,26);3-6,9,11,15-16,24-26H,2,7-8H2,1H3,(H2,20,22,23,27);1-4H2;1H2,2H3;1H4;2*1H;/q;;;;-1;;;;+2/p-1/t12-,14-,18-,19+;11-,13-,16-,17+;9-,11-,15-,16+;;;;;;/m111....../s1. The van der Waals surface area contributed by atoms with Crippen LogP contribution in [-0.2, 0) is 36.5 Å². The second kappa shape index (κ2) is 38.1. The van der Waals surface area contributed by atoms with Crippen molar-refractivity contribution in [3.8, 4) is 43.5 Å². The van der Waals surface area contributed by atoms with Crippen molar-refractivity contribution in [2.24, 2.45) is 17.8 Å². The molecule has 0 spiro atoms. The van der Waals surface area contributed by atoms with Crippen LogP contribution < -0.4 is 48.0 Å². The summed E-state index contributed by atoms with van der Waals surface area (Å²) < 4.78 is 44.0. The molecule has 15 rings (SSSR count). The number of nitrogens with one attached hydrogen (secondary N) is 4. The van der Waals surface area contributed by atoms with Gasteiger partial charge in [-0.05, 0) is 102 Å². The van der Waals surface area contributed by atoms with Crippen LogP contribution in [0.25, 0.3) is 62.4 Å². The number of thioether (sulfide) groups is 1. The molecule has 103 heavy (non-hydrogen) atoms. The molecule has 0 bridgehead atoms. The van der Waals surface area contributed by atoms with Crippen LogP contribution in [0.4, 0.5) is 17.5 Å². The molecule has 25 nitrogen and oxygen atoms in total. The Kier molecular flexibility index (Phi) is 31.5. The van der Waals surface area contributed by atoms with E-state index in [9.17, 15) is 30.3 Å². The second-order valence-electron chi connectivity index (χ2n) is 25.4. The molecule has 9 N–H and O–H groups in total. The summed E-state index contributed by atoms with van der Waals surface area (Å²) in [5.41, 5.74) is 4.12. The van der Waals surface area contributed by atoms with Gasteiger partial charge in [0, 0.05) is 63.6 Å². The number of methoxy groups -OCH3 is 2. The van der Waals surface area contributed by atoms with Crippen molar-refractivity contribution >= 4 is 129 Å². The number of aryl methyl sites for hydroxylation is 2. The third-order valence-corrected chi connectivity index (χ3v) is 21.7. The van der Waals surface area contributed by atoms with Crippen molar-refractivity contribution < 1.29 is 75.7 Å². The fourth-order valence-corrected chi connectivity index (χ4v) is 16.6. The predicted molar refractivity (Wildman–Crippen MR) is 407 cm³/mol. The van der Waals surface area contributed by atoms with Crippen LogP contribution in [0.2, 0.25) is 0 Å². The number of ether oxygens (including phenoxy) is 7. The first-order valence-corrected chi connectivity index (χ1v) is 37.2. The summed E-state index contributed by atoms with van der Waals surface area (Å²) in [6.45, 7) is 18.4. The second-order valence-corrected chi connectivity index (χ2v) is 29.3. The van der Waals surface area contributed by atoms with Crippen molar-refractivity contribution in [3.05, 3.63) is 102 Å². The number of benzene rings is 3. The monoisotopic (exact) mass is 1590 g/mol. The van der Waals surface area contributed by atoms with Crippen LogP contribution in [0.15, 0.2) is 82.7 Å². The Balaban J connectivity index is 0.000000203. The number of nitrogens with zero attached hydrogens (tertiary/aromatic N) is 8. The zero-order valence-corrected chi connectivity index (χ0v) is 65.8. The van der Waals surface area contributed by atoms with Gasteiger partial charge < -0.3 is 104 Å². The molecule has 32 heteroatoms. The molecular weight excluding hydrogens is 1500 g/mol. The largest absolute Gasteiger partial charge is 2.00 e. The summed E-state index contributed by atoms with van der Waals surface area (Å²) in [4.78, 5) is 53.1. The Morgan fingerprint density at radius 3 is 1.38 bits per heavy atom. The van der Waals surface area contributed by atoms with Gasteiger partial charge in [0.05, 0.1) is 81.3 Å². The van der Waals surface area contributed by atoms with Gasteiger partial charge in [-0.2, -0.15) is 16.9 Å². The molecule has 3 saturated heterocycles. The number of rotatable bonds is 17. The van der Waals surface area contributed by atoms with Crippen LogP contribution >= 0.6 is 58.2 Å². The number of H-pyrrole nitrogens is 1. The zero-order chi connectivity index (χ0) is 70.3. The molecule has 3 aliphatic carbocycles. The van der Waals surface area contributed by atoms with Gasteiger partial charge in [-0.15, -0.1) is 46.4 Å². The minimum absolute atomic E-state index is 0. The fraction of sp³-hybridized carbons (Fsp3) is 0.521. The predicted octanol–water partition coefficient (Wildman–Crippen LogP) is 7.88. The van der Waals surface area contributed by atoms with E-state index in [0.29, 0.717) is 82.3 Å². The summed E-state index contributed by atoms with van der Waals surface area (Å²) in [5.74, 6) is 2.02. The number of aliphatic hydroxyl groups excluding tert-OH is 5. The zero-order valence-electron chi connectivity index (χ0n) is 58.8. The summed E-state index contributed by atoms with van der Waals surface area (Å²) in [7, 11) is 3.23. The summed E-state index contributed by atoms with van der Waals surface area (Å²) in [6.07, 6.45) is 4.71. The molecule has 6 fully saturated rings. The quantitative estimate of drug-likeness (QED) is 0.0181. The van der Waals surface area contributed by atoms with E-state index in [1.165, 1.54) is 35.9 Å². The number of thiazole rings is 3. The number of para-hydroxylation sites is 3. The number of hydrogen-bond acceptors (Lipinski definition) is 28. The molecule has 556 valence electrons. The first-order valence-electron chi connectivity index (χ1n) is 33.5. The minimum atomic E-state index is -1.06. The Hall–Kier alpha value is -5.14. The topological polar surface area (TPSA) is 338 Å². The minimum Gasteiger partial charge on any atom is -1.00 e. The van der Waals surface area contributed by atoms with Gasteiger partial charge in [0.15, 0.2) is 16.7 Å². The van der Waals surface area contributed by atoms with E-state index in [0.717, 1.165) is 71.4 Å². The van der Waals surface area contributed by atoms with Gasteiger partial charge in [-0.3, -0.25) is 4.79 Å². The Morgan fingerprint density at radius 2 is 0.981 bits per heavy atom. The van der Waals surface area contributed by atoms with Crippen LogP contribution in [0.3, 0.4) is 0 Å². The molecule has 0 amide bonds. The summed E-state index contributed by atoms with van der Waals surface area (Å²) in [6, 6.07) is 23.0. The van der Waals surface area contributed by atoms with E-state index in [1.54, 1.807) is 43.8 Å². The van der Waals surface area contributed by atoms with Gasteiger partial charge in [0.1, 0.15) is 79.1 Å². The van der Waals surface area contributed by atoms with Crippen molar-refractivity contribution in [1.82, 2.24) is 44.9 Å². The number of hydrogen-bond donors (Lipinski definition) is 9. The number of aromatic nitrogens is 9. The van der Waals surface area contributed by atoms with E-state index in [1.807, 2.05) is 115 Å². The third kappa shape index (κ3) is 19.2. The van der Waals surface area contributed by atoms with Crippen molar-refractivity contribution in [1.29, 1.82) is 0 Å².